The van der Waals surface area contributed by atoms with E-state index in [9.17, 15) is 4.79 Å². The second kappa shape index (κ2) is 7.54. The summed E-state index contributed by atoms with van der Waals surface area (Å²) in [6.45, 7) is 5.50. The lowest BCUT2D eigenvalue weighted by atomic mass is 9.87. The van der Waals surface area contributed by atoms with E-state index in [0.717, 1.165) is 31.7 Å². The molecule has 1 saturated carbocycles. The Hall–Kier alpha value is -0.770. The number of aliphatic hydroxyl groups excluding tert-OH is 1. The summed E-state index contributed by atoms with van der Waals surface area (Å²) in [5, 5.41) is 12.0. The Balaban J connectivity index is 2.35. The highest BCUT2D eigenvalue weighted by Gasteiger charge is 2.21. The number of amides is 2. The van der Waals surface area contributed by atoms with Crippen molar-refractivity contribution in [2.24, 2.45) is 5.92 Å². The van der Waals surface area contributed by atoms with Gasteiger partial charge in [0.15, 0.2) is 0 Å². The normalized spacial score (nSPS) is 24.4. The molecule has 0 aromatic carbocycles. The van der Waals surface area contributed by atoms with Crippen LogP contribution in [0, 0.1) is 5.92 Å². The van der Waals surface area contributed by atoms with Crippen molar-refractivity contribution in [2.75, 3.05) is 19.7 Å². The summed E-state index contributed by atoms with van der Waals surface area (Å²) in [5.41, 5.74) is 0. The number of carbonyl (C=O) groups excluding carboxylic acids is 1. The zero-order valence-corrected chi connectivity index (χ0v) is 11.1. The molecule has 0 unspecified atom stereocenters. The highest BCUT2D eigenvalue weighted by molar-refractivity contribution is 5.74. The van der Waals surface area contributed by atoms with E-state index in [2.05, 4.69) is 12.2 Å². The molecule has 2 N–H and O–H groups in total. The number of rotatable bonds is 5. The van der Waals surface area contributed by atoms with Crippen LogP contribution < -0.4 is 5.32 Å². The maximum absolute atomic E-state index is 12.0. The van der Waals surface area contributed by atoms with Gasteiger partial charge in [0.25, 0.3) is 0 Å². The van der Waals surface area contributed by atoms with E-state index in [0.29, 0.717) is 12.6 Å². The third kappa shape index (κ3) is 4.94. The molecule has 4 nitrogen and oxygen atoms in total. The summed E-state index contributed by atoms with van der Waals surface area (Å²) < 4.78 is 0. The maximum Gasteiger partial charge on any atom is 0.317 e. The maximum atomic E-state index is 12.0. The number of urea groups is 1. The Morgan fingerprint density at radius 3 is 2.47 bits per heavy atom. The molecule has 1 rings (SSSR count). The molecular weight excluding hydrogens is 216 g/mol. The quantitative estimate of drug-likeness (QED) is 0.774. The minimum absolute atomic E-state index is 0.0135. The van der Waals surface area contributed by atoms with Crippen LogP contribution in [0.3, 0.4) is 0 Å². The van der Waals surface area contributed by atoms with E-state index in [-0.39, 0.29) is 12.6 Å². The first-order valence-corrected chi connectivity index (χ1v) is 6.83. The average Bonchev–Trinajstić information content (AvgIpc) is 2.32. The number of aliphatic hydroxyl groups is 1. The van der Waals surface area contributed by atoms with Gasteiger partial charge in [0, 0.05) is 19.1 Å². The third-order valence-electron chi connectivity index (χ3n) is 3.49. The van der Waals surface area contributed by atoms with Crippen molar-refractivity contribution in [2.45, 2.75) is 52.0 Å². The van der Waals surface area contributed by atoms with Crippen LogP contribution in [0.5, 0.6) is 0 Å². The van der Waals surface area contributed by atoms with Gasteiger partial charge in [0.2, 0.25) is 0 Å². The van der Waals surface area contributed by atoms with Crippen molar-refractivity contribution in [3.8, 4) is 0 Å². The molecule has 0 saturated heterocycles. The number of hydrogen-bond acceptors (Lipinski definition) is 2. The highest BCUT2D eigenvalue weighted by Crippen LogP contribution is 2.23. The van der Waals surface area contributed by atoms with Crippen molar-refractivity contribution >= 4 is 6.03 Å². The SMILES string of the molecule is CCCN(CCO)C(=O)NC1CCC(C)CC1. The van der Waals surface area contributed by atoms with Gasteiger partial charge in [-0.15, -0.1) is 0 Å². The topological polar surface area (TPSA) is 52.6 Å². The van der Waals surface area contributed by atoms with E-state index in [1.165, 1.54) is 12.8 Å². The van der Waals surface area contributed by atoms with Crippen LogP contribution in [-0.2, 0) is 0 Å². The summed E-state index contributed by atoms with van der Waals surface area (Å²) >= 11 is 0. The van der Waals surface area contributed by atoms with Crippen LogP contribution in [-0.4, -0.2) is 41.8 Å². The minimum Gasteiger partial charge on any atom is -0.395 e. The molecule has 0 spiro atoms. The lowest BCUT2D eigenvalue weighted by Crippen LogP contribution is -2.47. The molecule has 0 atom stereocenters. The monoisotopic (exact) mass is 242 g/mol. The summed E-state index contributed by atoms with van der Waals surface area (Å²) in [6, 6.07) is 0.317. The van der Waals surface area contributed by atoms with Gasteiger partial charge in [-0.25, -0.2) is 4.79 Å². The fraction of sp³-hybridized carbons (Fsp3) is 0.923. The molecule has 1 fully saturated rings. The fourth-order valence-corrected chi connectivity index (χ4v) is 2.38. The molecule has 17 heavy (non-hydrogen) atoms. The Kier molecular flexibility index (Phi) is 6.34. The zero-order chi connectivity index (χ0) is 12.7. The van der Waals surface area contributed by atoms with E-state index in [1.54, 1.807) is 4.90 Å². The first kappa shape index (κ1) is 14.3. The molecule has 0 bridgehead atoms. The molecule has 1 aliphatic rings. The lowest BCUT2D eigenvalue weighted by Gasteiger charge is -2.30. The molecular formula is C13H26N2O2. The third-order valence-corrected chi connectivity index (χ3v) is 3.49. The Labute approximate surface area is 104 Å². The van der Waals surface area contributed by atoms with Crippen LogP contribution in [0.25, 0.3) is 0 Å². The number of nitrogens with zero attached hydrogens (tertiary/aromatic N) is 1. The Bertz CT molecular complexity index is 219. The molecule has 0 radical (unpaired) electrons. The van der Waals surface area contributed by atoms with Crippen LogP contribution >= 0.6 is 0 Å². The van der Waals surface area contributed by atoms with E-state index < -0.39 is 0 Å². The van der Waals surface area contributed by atoms with Crippen molar-refractivity contribution in [1.29, 1.82) is 0 Å². The first-order chi connectivity index (χ1) is 8.17. The van der Waals surface area contributed by atoms with E-state index in [1.807, 2.05) is 6.92 Å². The van der Waals surface area contributed by atoms with Crippen LogP contribution in [0.1, 0.15) is 46.0 Å². The molecule has 0 aromatic rings. The molecule has 0 aliphatic heterocycles. The van der Waals surface area contributed by atoms with Crippen molar-refractivity contribution in [1.82, 2.24) is 10.2 Å². The smallest absolute Gasteiger partial charge is 0.317 e. The fourth-order valence-electron chi connectivity index (χ4n) is 2.38. The average molecular weight is 242 g/mol. The molecule has 0 aromatic heterocycles. The van der Waals surface area contributed by atoms with Gasteiger partial charge in [0.05, 0.1) is 6.61 Å². The van der Waals surface area contributed by atoms with Gasteiger partial charge < -0.3 is 15.3 Å². The van der Waals surface area contributed by atoms with Crippen molar-refractivity contribution < 1.29 is 9.90 Å². The van der Waals surface area contributed by atoms with Gasteiger partial charge in [-0.2, -0.15) is 0 Å². The largest absolute Gasteiger partial charge is 0.395 e. The van der Waals surface area contributed by atoms with Crippen LogP contribution in [0.15, 0.2) is 0 Å². The standard InChI is InChI=1S/C13H26N2O2/c1-3-8-15(9-10-16)13(17)14-12-6-4-11(2)5-7-12/h11-12,16H,3-10H2,1-2H3,(H,14,17). The van der Waals surface area contributed by atoms with Gasteiger partial charge >= 0.3 is 6.03 Å². The van der Waals surface area contributed by atoms with Gasteiger partial charge in [-0.05, 0) is 38.0 Å². The molecule has 2 amide bonds. The number of carbonyl (C=O) groups is 1. The van der Waals surface area contributed by atoms with Gasteiger partial charge in [-0.1, -0.05) is 13.8 Å². The Morgan fingerprint density at radius 1 is 1.29 bits per heavy atom. The van der Waals surface area contributed by atoms with Crippen LogP contribution in [0.4, 0.5) is 4.79 Å². The second-order valence-corrected chi connectivity index (χ2v) is 5.12. The first-order valence-electron chi connectivity index (χ1n) is 6.83. The predicted molar refractivity (Wildman–Crippen MR) is 68.9 cm³/mol. The summed E-state index contributed by atoms with van der Waals surface area (Å²) in [5.74, 6) is 0.798. The number of hydrogen-bond donors (Lipinski definition) is 2. The second-order valence-electron chi connectivity index (χ2n) is 5.12. The molecule has 0 heterocycles. The summed E-state index contributed by atoms with van der Waals surface area (Å²) in [6.07, 6.45) is 5.52. The summed E-state index contributed by atoms with van der Waals surface area (Å²) in [7, 11) is 0. The molecule has 100 valence electrons. The van der Waals surface area contributed by atoms with Crippen molar-refractivity contribution in [3.05, 3.63) is 0 Å². The minimum atomic E-state index is -0.0135. The van der Waals surface area contributed by atoms with E-state index >= 15 is 0 Å². The Morgan fingerprint density at radius 2 is 1.94 bits per heavy atom. The van der Waals surface area contributed by atoms with Crippen LogP contribution in [0.2, 0.25) is 0 Å². The molecule has 1 aliphatic carbocycles. The van der Waals surface area contributed by atoms with Crippen molar-refractivity contribution in [3.63, 3.8) is 0 Å². The van der Waals surface area contributed by atoms with E-state index in [4.69, 9.17) is 5.11 Å². The number of nitrogens with one attached hydrogen (secondary N) is 1. The predicted octanol–water partition coefficient (Wildman–Crippen LogP) is 1.98. The highest BCUT2D eigenvalue weighted by atomic mass is 16.3. The van der Waals surface area contributed by atoms with Gasteiger partial charge in [-0.3, -0.25) is 0 Å². The molecule has 4 heteroatoms. The van der Waals surface area contributed by atoms with Gasteiger partial charge in [0.1, 0.15) is 0 Å². The zero-order valence-electron chi connectivity index (χ0n) is 11.1. The summed E-state index contributed by atoms with van der Waals surface area (Å²) in [4.78, 5) is 13.7. The lowest BCUT2D eigenvalue weighted by molar-refractivity contribution is 0.169.